The summed E-state index contributed by atoms with van der Waals surface area (Å²) in [7, 11) is 0. The van der Waals surface area contributed by atoms with Crippen molar-refractivity contribution in [2.45, 2.75) is 38.6 Å². The van der Waals surface area contributed by atoms with Crippen molar-refractivity contribution in [3.05, 3.63) is 23.8 Å². The first-order valence-electron chi connectivity index (χ1n) is 8.41. The molecule has 1 N–H and O–H groups in total. The van der Waals surface area contributed by atoms with Crippen LogP contribution < -0.4 is 14.8 Å². The van der Waals surface area contributed by atoms with Gasteiger partial charge in [-0.05, 0) is 62.1 Å². The van der Waals surface area contributed by atoms with E-state index in [4.69, 9.17) is 9.47 Å². The summed E-state index contributed by atoms with van der Waals surface area (Å²) in [5, 5.41) is 3.19. The second kappa shape index (κ2) is 5.49. The van der Waals surface area contributed by atoms with E-state index in [1.165, 1.54) is 25.7 Å². The summed E-state index contributed by atoms with van der Waals surface area (Å²) >= 11 is 0. The first-order chi connectivity index (χ1) is 10.7. The minimum Gasteiger partial charge on any atom is -0.486 e. The zero-order valence-electron chi connectivity index (χ0n) is 13.0. The van der Waals surface area contributed by atoms with Crippen molar-refractivity contribution in [2.75, 3.05) is 13.2 Å². The van der Waals surface area contributed by atoms with Crippen LogP contribution in [0.15, 0.2) is 18.2 Å². The Balaban J connectivity index is 1.43. The van der Waals surface area contributed by atoms with Crippen molar-refractivity contribution >= 4 is 5.91 Å². The molecule has 2 saturated carbocycles. The Hall–Kier alpha value is -1.71. The van der Waals surface area contributed by atoms with Gasteiger partial charge in [0.05, 0.1) is 0 Å². The van der Waals surface area contributed by atoms with Crippen molar-refractivity contribution in [3.63, 3.8) is 0 Å². The average molecular weight is 301 g/mol. The number of fused-ring (bicyclic) bond motifs is 3. The predicted molar refractivity (Wildman–Crippen MR) is 83.3 cm³/mol. The van der Waals surface area contributed by atoms with E-state index < -0.39 is 0 Å². The zero-order valence-corrected chi connectivity index (χ0v) is 13.0. The molecule has 1 amide bonds. The summed E-state index contributed by atoms with van der Waals surface area (Å²) in [6.07, 6.45) is 5.39. The van der Waals surface area contributed by atoms with Gasteiger partial charge in [0, 0.05) is 11.6 Å². The van der Waals surface area contributed by atoms with E-state index in [1.54, 1.807) is 6.07 Å². The van der Waals surface area contributed by atoms with E-state index in [0.717, 1.165) is 17.6 Å². The molecule has 22 heavy (non-hydrogen) atoms. The summed E-state index contributed by atoms with van der Waals surface area (Å²) in [4.78, 5) is 12.5. The Morgan fingerprint density at radius 2 is 2.00 bits per heavy atom. The SMILES string of the molecule is C[C@H](NC(=O)c1ccc2c(c1)OCCO2)[C@H]1C[C@@H]2CC[C@@H]1C2. The van der Waals surface area contributed by atoms with Gasteiger partial charge in [0.2, 0.25) is 0 Å². The van der Waals surface area contributed by atoms with Gasteiger partial charge in [0.15, 0.2) is 11.5 Å². The molecular formula is C18H23NO3. The lowest BCUT2D eigenvalue weighted by Gasteiger charge is -2.28. The van der Waals surface area contributed by atoms with Crippen LogP contribution in [0.25, 0.3) is 0 Å². The van der Waals surface area contributed by atoms with Gasteiger partial charge in [0.25, 0.3) is 5.91 Å². The standard InChI is InChI=1S/C18H23NO3/c1-11(15-9-12-2-3-13(15)8-12)19-18(20)14-4-5-16-17(10-14)22-7-6-21-16/h4-5,10-13,15H,2-3,6-9H2,1H3,(H,19,20)/t11-,12+,13+,15+/m0/s1. The Morgan fingerprint density at radius 3 is 2.73 bits per heavy atom. The Morgan fingerprint density at radius 1 is 1.18 bits per heavy atom. The van der Waals surface area contributed by atoms with E-state index in [-0.39, 0.29) is 11.9 Å². The van der Waals surface area contributed by atoms with Gasteiger partial charge in [-0.2, -0.15) is 0 Å². The Bertz CT molecular complexity index is 586. The highest BCUT2D eigenvalue weighted by molar-refractivity contribution is 5.95. The van der Waals surface area contributed by atoms with Gasteiger partial charge in [-0.1, -0.05) is 6.42 Å². The van der Waals surface area contributed by atoms with Gasteiger partial charge in [0.1, 0.15) is 13.2 Å². The highest BCUT2D eigenvalue weighted by Gasteiger charge is 2.42. The van der Waals surface area contributed by atoms with Gasteiger partial charge >= 0.3 is 0 Å². The lowest BCUT2D eigenvalue weighted by Crippen LogP contribution is -2.40. The van der Waals surface area contributed by atoms with E-state index in [0.29, 0.717) is 30.4 Å². The lowest BCUT2D eigenvalue weighted by molar-refractivity contribution is 0.0914. The number of hydrogen-bond donors (Lipinski definition) is 1. The molecule has 2 fully saturated rings. The molecular weight excluding hydrogens is 278 g/mol. The van der Waals surface area contributed by atoms with Crippen molar-refractivity contribution in [3.8, 4) is 11.5 Å². The molecule has 1 aromatic rings. The third-order valence-corrected chi connectivity index (χ3v) is 5.60. The van der Waals surface area contributed by atoms with E-state index in [9.17, 15) is 4.79 Å². The number of hydrogen-bond acceptors (Lipinski definition) is 3. The molecule has 4 nitrogen and oxygen atoms in total. The monoisotopic (exact) mass is 301 g/mol. The summed E-state index contributed by atoms with van der Waals surface area (Å²) in [6.45, 7) is 3.26. The molecule has 0 aromatic heterocycles. The van der Waals surface area contributed by atoms with Crippen LogP contribution in [0.1, 0.15) is 43.0 Å². The van der Waals surface area contributed by atoms with Crippen LogP contribution in [0.2, 0.25) is 0 Å². The molecule has 0 unspecified atom stereocenters. The second-order valence-electron chi connectivity index (χ2n) is 6.96. The maximum absolute atomic E-state index is 12.5. The smallest absolute Gasteiger partial charge is 0.251 e. The molecule has 0 saturated heterocycles. The second-order valence-corrected chi connectivity index (χ2v) is 6.96. The van der Waals surface area contributed by atoms with E-state index in [1.807, 2.05) is 12.1 Å². The fraction of sp³-hybridized carbons (Fsp3) is 0.611. The Labute approximate surface area is 131 Å². The van der Waals surface area contributed by atoms with Crippen LogP contribution in [-0.4, -0.2) is 25.2 Å². The number of carbonyl (C=O) groups is 1. The van der Waals surface area contributed by atoms with Crippen molar-refractivity contribution in [1.29, 1.82) is 0 Å². The number of benzene rings is 1. The molecule has 0 radical (unpaired) electrons. The number of ether oxygens (including phenoxy) is 2. The highest BCUT2D eigenvalue weighted by Crippen LogP contribution is 2.49. The maximum atomic E-state index is 12.5. The molecule has 2 aliphatic carbocycles. The van der Waals surface area contributed by atoms with Crippen LogP contribution in [0.4, 0.5) is 0 Å². The van der Waals surface area contributed by atoms with Gasteiger partial charge < -0.3 is 14.8 Å². The van der Waals surface area contributed by atoms with Crippen LogP contribution in [0, 0.1) is 17.8 Å². The quantitative estimate of drug-likeness (QED) is 0.933. The first kappa shape index (κ1) is 13.9. The minimum atomic E-state index is -0.00718. The molecule has 1 heterocycles. The Kier molecular flexibility index (Phi) is 3.47. The first-order valence-corrected chi connectivity index (χ1v) is 8.41. The number of rotatable bonds is 3. The third kappa shape index (κ3) is 2.44. The largest absolute Gasteiger partial charge is 0.486 e. The third-order valence-electron chi connectivity index (χ3n) is 5.60. The minimum absolute atomic E-state index is 0.00718. The van der Waals surface area contributed by atoms with Crippen LogP contribution >= 0.6 is 0 Å². The molecule has 2 bridgehead atoms. The van der Waals surface area contributed by atoms with Gasteiger partial charge in [-0.3, -0.25) is 4.79 Å². The highest BCUT2D eigenvalue weighted by atomic mass is 16.6. The molecule has 118 valence electrons. The zero-order chi connectivity index (χ0) is 15.1. The molecule has 1 aliphatic heterocycles. The van der Waals surface area contributed by atoms with Crippen LogP contribution in [0.3, 0.4) is 0 Å². The van der Waals surface area contributed by atoms with Gasteiger partial charge in [-0.15, -0.1) is 0 Å². The van der Waals surface area contributed by atoms with E-state index >= 15 is 0 Å². The van der Waals surface area contributed by atoms with E-state index in [2.05, 4.69) is 12.2 Å². The lowest BCUT2D eigenvalue weighted by atomic mass is 9.84. The number of amides is 1. The van der Waals surface area contributed by atoms with Gasteiger partial charge in [-0.25, -0.2) is 0 Å². The topological polar surface area (TPSA) is 47.6 Å². The van der Waals surface area contributed by atoms with Crippen molar-refractivity contribution in [1.82, 2.24) is 5.32 Å². The number of carbonyl (C=O) groups excluding carboxylic acids is 1. The summed E-state index contributed by atoms with van der Waals surface area (Å²) in [6, 6.07) is 5.68. The predicted octanol–water partition coefficient (Wildman–Crippen LogP) is 3.01. The summed E-state index contributed by atoms with van der Waals surface area (Å²) in [5.74, 6) is 3.77. The maximum Gasteiger partial charge on any atom is 0.251 e. The average Bonchev–Trinajstić information content (AvgIpc) is 3.17. The summed E-state index contributed by atoms with van der Waals surface area (Å²) < 4.78 is 11.1. The fourth-order valence-electron chi connectivity index (χ4n) is 4.49. The normalized spacial score (nSPS) is 30.1. The fourth-order valence-corrected chi connectivity index (χ4v) is 4.49. The molecule has 3 aliphatic rings. The summed E-state index contributed by atoms with van der Waals surface area (Å²) in [5.41, 5.74) is 0.652. The number of nitrogens with one attached hydrogen (secondary N) is 1. The molecule has 4 rings (SSSR count). The molecule has 4 heteroatoms. The van der Waals surface area contributed by atoms with Crippen LogP contribution in [0.5, 0.6) is 11.5 Å². The molecule has 4 atom stereocenters. The van der Waals surface area contributed by atoms with Crippen molar-refractivity contribution < 1.29 is 14.3 Å². The molecule has 1 aromatic carbocycles. The van der Waals surface area contributed by atoms with Crippen molar-refractivity contribution in [2.24, 2.45) is 17.8 Å². The molecule has 0 spiro atoms. The van der Waals surface area contributed by atoms with Crippen LogP contribution in [-0.2, 0) is 0 Å².